The summed E-state index contributed by atoms with van der Waals surface area (Å²) in [6.45, 7) is 1.39. The summed E-state index contributed by atoms with van der Waals surface area (Å²) in [7, 11) is 1.68. The molecule has 5 nitrogen and oxygen atoms in total. The number of nitrogens with two attached hydrogens (primary N) is 1. The molecule has 98 valence electrons. The molecular formula is C12H16BrN3O2. The summed E-state index contributed by atoms with van der Waals surface area (Å²) in [4.78, 5) is 18.1. The number of hydrogen-bond acceptors (Lipinski definition) is 4. The van der Waals surface area contributed by atoms with Gasteiger partial charge in [-0.05, 0) is 34.8 Å². The molecule has 0 aromatic carbocycles. The molecule has 1 unspecified atom stereocenters. The first-order valence-electron chi connectivity index (χ1n) is 5.85. The Labute approximate surface area is 114 Å². The summed E-state index contributed by atoms with van der Waals surface area (Å²) in [5.74, 6) is 0.319. The van der Waals surface area contributed by atoms with Gasteiger partial charge in [0.25, 0.3) is 5.91 Å². The molecule has 2 rings (SSSR count). The van der Waals surface area contributed by atoms with E-state index in [9.17, 15) is 4.79 Å². The number of anilines is 1. The second kappa shape index (κ2) is 5.67. The maximum atomic E-state index is 12.4. The van der Waals surface area contributed by atoms with E-state index in [4.69, 9.17) is 10.5 Å². The predicted molar refractivity (Wildman–Crippen MR) is 72.3 cm³/mol. The van der Waals surface area contributed by atoms with Crippen molar-refractivity contribution < 1.29 is 9.53 Å². The number of amides is 1. The highest BCUT2D eigenvalue weighted by Crippen LogP contribution is 2.22. The molecule has 1 saturated heterocycles. The smallest absolute Gasteiger partial charge is 0.255 e. The van der Waals surface area contributed by atoms with Gasteiger partial charge in [0.05, 0.1) is 11.7 Å². The third-order valence-electron chi connectivity index (χ3n) is 3.11. The van der Waals surface area contributed by atoms with Crippen molar-refractivity contribution in [3.63, 3.8) is 0 Å². The highest BCUT2D eigenvalue weighted by molar-refractivity contribution is 9.10. The van der Waals surface area contributed by atoms with Gasteiger partial charge in [-0.3, -0.25) is 4.79 Å². The topological polar surface area (TPSA) is 68.5 Å². The molecule has 6 heteroatoms. The number of halogens is 1. The van der Waals surface area contributed by atoms with Crippen LogP contribution in [0.1, 0.15) is 23.2 Å². The van der Waals surface area contributed by atoms with Crippen molar-refractivity contribution in [3.05, 3.63) is 22.3 Å². The highest BCUT2D eigenvalue weighted by Gasteiger charge is 2.25. The van der Waals surface area contributed by atoms with Gasteiger partial charge >= 0.3 is 0 Å². The van der Waals surface area contributed by atoms with E-state index in [2.05, 4.69) is 20.9 Å². The summed E-state index contributed by atoms with van der Waals surface area (Å²) in [5.41, 5.74) is 6.18. The van der Waals surface area contributed by atoms with Crippen molar-refractivity contribution in [2.45, 2.75) is 18.9 Å². The van der Waals surface area contributed by atoms with Crippen LogP contribution in [0.25, 0.3) is 0 Å². The lowest BCUT2D eigenvalue weighted by Gasteiger charge is -2.32. The van der Waals surface area contributed by atoms with E-state index in [1.54, 1.807) is 24.3 Å². The van der Waals surface area contributed by atoms with E-state index in [-0.39, 0.29) is 12.0 Å². The van der Waals surface area contributed by atoms with Gasteiger partial charge in [0.15, 0.2) is 0 Å². The summed E-state index contributed by atoms with van der Waals surface area (Å²) in [6, 6.07) is 1.60. The average Bonchev–Trinajstić information content (AvgIpc) is 2.41. The van der Waals surface area contributed by atoms with Gasteiger partial charge in [-0.15, -0.1) is 0 Å². The molecule has 1 amide bonds. The van der Waals surface area contributed by atoms with Crippen LogP contribution in [0, 0.1) is 0 Å². The first-order valence-corrected chi connectivity index (χ1v) is 6.64. The van der Waals surface area contributed by atoms with Crippen LogP contribution >= 0.6 is 15.9 Å². The molecule has 18 heavy (non-hydrogen) atoms. The Bertz CT molecular complexity index is 453. The van der Waals surface area contributed by atoms with E-state index in [1.807, 2.05) is 0 Å². The molecule has 2 heterocycles. The van der Waals surface area contributed by atoms with Crippen LogP contribution in [0.3, 0.4) is 0 Å². The SMILES string of the molecule is COC1CCCN(C(=O)c2cc(N)ncc2Br)C1. The summed E-state index contributed by atoms with van der Waals surface area (Å²) in [6.07, 6.45) is 3.64. The fraction of sp³-hybridized carbons (Fsp3) is 0.500. The lowest BCUT2D eigenvalue weighted by molar-refractivity contribution is 0.0268. The molecule has 0 spiro atoms. The standard InChI is InChI=1S/C12H16BrN3O2/c1-18-8-3-2-4-16(7-8)12(17)9-5-11(14)15-6-10(9)13/h5-6,8H,2-4,7H2,1H3,(H2,14,15). The van der Waals surface area contributed by atoms with E-state index in [1.165, 1.54) is 0 Å². The third kappa shape index (κ3) is 2.81. The summed E-state index contributed by atoms with van der Waals surface area (Å²) >= 11 is 3.33. The number of pyridine rings is 1. The normalized spacial score (nSPS) is 19.9. The van der Waals surface area contributed by atoms with Crippen molar-refractivity contribution >= 4 is 27.7 Å². The van der Waals surface area contributed by atoms with Crippen molar-refractivity contribution in [2.24, 2.45) is 0 Å². The number of nitrogen functional groups attached to an aromatic ring is 1. The van der Waals surface area contributed by atoms with Crippen LogP contribution in [-0.4, -0.2) is 42.1 Å². The lowest BCUT2D eigenvalue weighted by atomic mass is 10.1. The molecule has 1 aromatic rings. The summed E-state index contributed by atoms with van der Waals surface area (Å²) in [5, 5.41) is 0. The van der Waals surface area contributed by atoms with E-state index in [0.29, 0.717) is 22.4 Å². The molecule has 0 bridgehead atoms. The first kappa shape index (κ1) is 13.3. The Hall–Kier alpha value is -1.14. The predicted octanol–water partition coefficient (Wildman–Crippen LogP) is 1.68. The molecule has 1 atom stereocenters. The fourth-order valence-corrected chi connectivity index (χ4v) is 2.49. The largest absolute Gasteiger partial charge is 0.384 e. The Balaban J connectivity index is 2.17. The van der Waals surface area contributed by atoms with E-state index < -0.39 is 0 Å². The van der Waals surface area contributed by atoms with Gasteiger partial charge in [0.1, 0.15) is 5.82 Å². The second-order valence-corrected chi connectivity index (χ2v) is 5.19. The number of aromatic nitrogens is 1. The number of methoxy groups -OCH3 is 1. The van der Waals surface area contributed by atoms with Crippen molar-refractivity contribution in [1.29, 1.82) is 0 Å². The molecular weight excluding hydrogens is 298 g/mol. The Kier molecular flexibility index (Phi) is 4.19. The lowest BCUT2D eigenvalue weighted by Crippen LogP contribution is -2.43. The number of rotatable bonds is 2. The van der Waals surface area contributed by atoms with Gasteiger partial charge in [0, 0.05) is 30.9 Å². The molecule has 2 N–H and O–H groups in total. The van der Waals surface area contributed by atoms with Crippen LogP contribution in [0.4, 0.5) is 5.82 Å². The van der Waals surface area contributed by atoms with Crippen molar-refractivity contribution in [2.75, 3.05) is 25.9 Å². The monoisotopic (exact) mass is 313 g/mol. The minimum atomic E-state index is -0.0299. The quantitative estimate of drug-likeness (QED) is 0.902. The molecule has 0 radical (unpaired) electrons. The second-order valence-electron chi connectivity index (χ2n) is 4.34. The average molecular weight is 314 g/mol. The highest BCUT2D eigenvalue weighted by atomic mass is 79.9. The van der Waals surface area contributed by atoms with Gasteiger partial charge in [-0.1, -0.05) is 0 Å². The number of carbonyl (C=O) groups excluding carboxylic acids is 1. The third-order valence-corrected chi connectivity index (χ3v) is 3.74. The minimum absolute atomic E-state index is 0.0299. The Morgan fingerprint density at radius 2 is 2.44 bits per heavy atom. The zero-order valence-electron chi connectivity index (χ0n) is 10.2. The molecule has 1 aromatic heterocycles. The first-order chi connectivity index (χ1) is 8.61. The number of nitrogens with zero attached hydrogens (tertiary/aromatic N) is 2. The summed E-state index contributed by atoms with van der Waals surface area (Å²) < 4.78 is 5.99. The Morgan fingerprint density at radius 3 is 3.17 bits per heavy atom. The minimum Gasteiger partial charge on any atom is -0.384 e. The van der Waals surface area contributed by atoms with Gasteiger partial charge in [-0.25, -0.2) is 4.98 Å². The zero-order chi connectivity index (χ0) is 13.1. The van der Waals surface area contributed by atoms with Crippen LogP contribution in [0.2, 0.25) is 0 Å². The number of ether oxygens (including phenoxy) is 1. The van der Waals surface area contributed by atoms with Crippen LogP contribution in [-0.2, 0) is 4.74 Å². The molecule has 1 fully saturated rings. The molecule has 1 aliphatic rings. The van der Waals surface area contributed by atoms with E-state index in [0.717, 1.165) is 19.4 Å². The van der Waals surface area contributed by atoms with Crippen LogP contribution in [0.5, 0.6) is 0 Å². The van der Waals surface area contributed by atoms with Gasteiger partial charge in [-0.2, -0.15) is 0 Å². The maximum Gasteiger partial charge on any atom is 0.255 e. The van der Waals surface area contributed by atoms with Crippen LogP contribution in [0.15, 0.2) is 16.7 Å². The number of carbonyl (C=O) groups is 1. The molecule has 0 aliphatic carbocycles. The molecule has 1 aliphatic heterocycles. The van der Waals surface area contributed by atoms with Gasteiger partial charge in [0.2, 0.25) is 0 Å². The van der Waals surface area contributed by atoms with E-state index >= 15 is 0 Å². The fourth-order valence-electron chi connectivity index (χ4n) is 2.10. The van der Waals surface area contributed by atoms with Crippen molar-refractivity contribution in [1.82, 2.24) is 9.88 Å². The number of piperidine rings is 1. The zero-order valence-corrected chi connectivity index (χ0v) is 11.8. The Morgan fingerprint density at radius 1 is 1.67 bits per heavy atom. The van der Waals surface area contributed by atoms with Crippen molar-refractivity contribution in [3.8, 4) is 0 Å². The number of hydrogen-bond donors (Lipinski definition) is 1. The van der Waals surface area contributed by atoms with Gasteiger partial charge < -0.3 is 15.4 Å². The van der Waals surface area contributed by atoms with Crippen LogP contribution < -0.4 is 5.73 Å². The number of likely N-dealkylation sites (tertiary alicyclic amines) is 1. The maximum absolute atomic E-state index is 12.4. The molecule has 0 saturated carbocycles.